The first kappa shape index (κ1) is 15.9. The summed E-state index contributed by atoms with van der Waals surface area (Å²) in [6, 6.07) is 13.4. The van der Waals surface area contributed by atoms with Crippen molar-refractivity contribution in [3.63, 3.8) is 0 Å². The lowest BCUT2D eigenvalue weighted by Gasteiger charge is -2.08. The summed E-state index contributed by atoms with van der Waals surface area (Å²) in [5.74, 6) is 0.527. The van der Waals surface area contributed by atoms with E-state index in [-0.39, 0.29) is 5.82 Å². The van der Waals surface area contributed by atoms with Gasteiger partial charge in [0.25, 0.3) is 0 Å². The van der Waals surface area contributed by atoms with Gasteiger partial charge in [0, 0.05) is 5.69 Å². The van der Waals surface area contributed by atoms with Crippen LogP contribution in [0.1, 0.15) is 12.5 Å². The van der Waals surface area contributed by atoms with E-state index < -0.39 is 0 Å². The Kier molecular flexibility index (Phi) is 5.85. The molecule has 2 rings (SSSR count). The average Bonchev–Trinajstić information content (AvgIpc) is 2.51. The van der Waals surface area contributed by atoms with Gasteiger partial charge in [-0.3, -0.25) is 5.43 Å². The first-order chi connectivity index (χ1) is 10.7. The maximum Gasteiger partial charge on any atom is 0.191 e. The lowest BCUT2D eigenvalue weighted by Crippen LogP contribution is -2.23. The zero-order valence-electron chi connectivity index (χ0n) is 12.0. The molecule has 6 heteroatoms. The fourth-order valence-corrected chi connectivity index (χ4v) is 1.85. The molecule has 0 atom stereocenters. The predicted molar refractivity (Wildman–Crippen MR) is 91.0 cm³/mol. The third kappa shape index (κ3) is 5.14. The first-order valence-electron chi connectivity index (χ1n) is 6.76. The fraction of sp³-hybridized carbons (Fsp3) is 0.125. The van der Waals surface area contributed by atoms with Crippen LogP contribution in [0.4, 0.5) is 10.1 Å². The SMILES string of the molecule is CCOc1ccc(NC(=S)N/N=C\c2ccc(F)cc2)cc1. The topological polar surface area (TPSA) is 45.6 Å². The maximum atomic E-state index is 12.8. The maximum absolute atomic E-state index is 12.8. The van der Waals surface area contributed by atoms with Gasteiger partial charge >= 0.3 is 0 Å². The van der Waals surface area contributed by atoms with Gasteiger partial charge in [-0.2, -0.15) is 5.10 Å². The standard InChI is InChI=1S/C16H16FN3OS/c1-2-21-15-9-7-14(8-10-15)19-16(22)20-18-11-12-3-5-13(17)6-4-12/h3-11H,2H2,1H3,(H2,19,20,22)/b18-11-. The summed E-state index contributed by atoms with van der Waals surface area (Å²) in [5, 5.41) is 7.35. The molecule has 0 bridgehead atoms. The molecule has 0 aliphatic rings. The van der Waals surface area contributed by atoms with Crippen LogP contribution in [0.3, 0.4) is 0 Å². The zero-order chi connectivity index (χ0) is 15.8. The van der Waals surface area contributed by atoms with Crippen molar-refractivity contribution in [2.24, 2.45) is 5.10 Å². The quantitative estimate of drug-likeness (QED) is 0.503. The third-order valence-corrected chi connectivity index (χ3v) is 2.87. The van der Waals surface area contributed by atoms with Crippen molar-refractivity contribution in [1.29, 1.82) is 0 Å². The van der Waals surface area contributed by atoms with Crippen LogP contribution in [0.2, 0.25) is 0 Å². The molecule has 2 aromatic carbocycles. The molecule has 22 heavy (non-hydrogen) atoms. The van der Waals surface area contributed by atoms with Crippen molar-refractivity contribution in [3.8, 4) is 5.75 Å². The Morgan fingerprint density at radius 3 is 2.50 bits per heavy atom. The van der Waals surface area contributed by atoms with E-state index in [9.17, 15) is 4.39 Å². The van der Waals surface area contributed by atoms with Crippen molar-refractivity contribution in [1.82, 2.24) is 5.43 Å². The fourth-order valence-electron chi connectivity index (χ4n) is 1.67. The minimum absolute atomic E-state index is 0.280. The smallest absolute Gasteiger partial charge is 0.191 e. The van der Waals surface area contributed by atoms with E-state index in [1.807, 2.05) is 31.2 Å². The number of rotatable bonds is 5. The van der Waals surface area contributed by atoms with E-state index in [0.29, 0.717) is 11.7 Å². The molecule has 0 fully saturated rings. The van der Waals surface area contributed by atoms with Crippen LogP contribution >= 0.6 is 12.2 Å². The number of anilines is 1. The number of ether oxygens (including phenoxy) is 1. The molecular weight excluding hydrogens is 301 g/mol. The average molecular weight is 317 g/mol. The summed E-state index contributed by atoms with van der Waals surface area (Å²) in [6.45, 7) is 2.56. The third-order valence-electron chi connectivity index (χ3n) is 2.67. The number of thiocarbonyl (C=S) groups is 1. The van der Waals surface area contributed by atoms with E-state index in [2.05, 4.69) is 15.8 Å². The van der Waals surface area contributed by atoms with E-state index >= 15 is 0 Å². The predicted octanol–water partition coefficient (Wildman–Crippen LogP) is 3.54. The second-order valence-electron chi connectivity index (χ2n) is 4.33. The summed E-state index contributed by atoms with van der Waals surface area (Å²) in [7, 11) is 0. The number of hydrazone groups is 1. The second kappa shape index (κ2) is 8.09. The van der Waals surface area contributed by atoms with Crippen LogP contribution in [0.15, 0.2) is 53.6 Å². The van der Waals surface area contributed by atoms with Crippen molar-refractivity contribution >= 4 is 29.2 Å². The van der Waals surface area contributed by atoms with Gasteiger partial charge in [0.15, 0.2) is 5.11 Å². The highest BCUT2D eigenvalue weighted by Gasteiger charge is 1.97. The van der Waals surface area contributed by atoms with Crippen LogP contribution in [0, 0.1) is 5.82 Å². The molecule has 0 saturated heterocycles. The van der Waals surface area contributed by atoms with Crippen molar-refractivity contribution in [2.45, 2.75) is 6.92 Å². The summed E-state index contributed by atoms with van der Waals surface area (Å²) < 4.78 is 18.1. The van der Waals surface area contributed by atoms with Crippen LogP contribution in [-0.4, -0.2) is 17.9 Å². The molecule has 0 aliphatic heterocycles. The van der Waals surface area contributed by atoms with Crippen LogP contribution in [0.25, 0.3) is 0 Å². The van der Waals surface area contributed by atoms with E-state index in [1.54, 1.807) is 18.3 Å². The minimum Gasteiger partial charge on any atom is -0.494 e. The lowest BCUT2D eigenvalue weighted by atomic mass is 10.2. The van der Waals surface area contributed by atoms with E-state index in [1.165, 1.54) is 12.1 Å². The van der Waals surface area contributed by atoms with Gasteiger partial charge in [-0.15, -0.1) is 0 Å². The Morgan fingerprint density at radius 1 is 1.18 bits per heavy atom. The number of hydrogen-bond donors (Lipinski definition) is 2. The molecule has 0 radical (unpaired) electrons. The molecule has 0 amide bonds. The van der Waals surface area contributed by atoms with Gasteiger partial charge in [0.05, 0.1) is 12.8 Å². The molecule has 2 N–H and O–H groups in total. The molecule has 0 heterocycles. The van der Waals surface area contributed by atoms with Gasteiger partial charge in [-0.25, -0.2) is 4.39 Å². The number of benzene rings is 2. The molecule has 0 saturated carbocycles. The summed E-state index contributed by atoms with van der Waals surface area (Å²) in [4.78, 5) is 0. The molecule has 0 unspecified atom stereocenters. The Balaban J connectivity index is 1.83. The van der Waals surface area contributed by atoms with Crippen LogP contribution in [0.5, 0.6) is 5.75 Å². The van der Waals surface area contributed by atoms with Gasteiger partial charge < -0.3 is 10.1 Å². The Labute approximate surface area is 134 Å². The van der Waals surface area contributed by atoms with E-state index in [0.717, 1.165) is 17.0 Å². The highest BCUT2D eigenvalue weighted by Crippen LogP contribution is 2.15. The highest BCUT2D eigenvalue weighted by atomic mass is 32.1. The van der Waals surface area contributed by atoms with Gasteiger partial charge in [0.1, 0.15) is 11.6 Å². The highest BCUT2D eigenvalue weighted by molar-refractivity contribution is 7.80. The summed E-state index contributed by atoms with van der Waals surface area (Å²) >= 11 is 5.13. The Hall–Kier alpha value is -2.47. The summed E-state index contributed by atoms with van der Waals surface area (Å²) in [5.41, 5.74) is 4.31. The van der Waals surface area contributed by atoms with Crippen molar-refractivity contribution in [2.75, 3.05) is 11.9 Å². The van der Waals surface area contributed by atoms with Crippen LogP contribution in [-0.2, 0) is 0 Å². The van der Waals surface area contributed by atoms with Gasteiger partial charge in [-0.05, 0) is 61.1 Å². The Bertz CT molecular complexity index is 641. The zero-order valence-corrected chi connectivity index (χ0v) is 12.9. The first-order valence-corrected chi connectivity index (χ1v) is 7.16. The van der Waals surface area contributed by atoms with Crippen molar-refractivity contribution < 1.29 is 9.13 Å². The molecule has 4 nitrogen and oxygen atoms in total. The lowest BCUT2D eigenvalue weighted by molar-refractivity contribution is 0.340. The normalized spacial score (nSPS) is 10.5. The number of nitrogens with one attached hydrogen (secondary N) is 2. The molecule has 2 aromatic rings. The molecular formula is C16H16FN3OS. The Morgan fingerprint density at radius 2 is 1.86 bits per heavy atom. The van der Waals surface area contributed by atoms with E-state index in [4.69, 9.17) is 17.0 Å². The minimum atomic E-state index is -0.280. The molecule has 114 valence electrons. The van der Waals surface area contributed by atoms with Crippen molar-refractivity contribution in [3.05, 3.63) is 59.9 Å². The largest absolute Gasteiger partial charge is 0.494 e. The number of hydrogen-bond acceptors (Lipinski definition) is 3. The van der Waals surface area contributed by atoms with Crippen LogP contribution < -0.4 is 15.5 Å². The number of halogens is 1. The molecule has 0 aromatic heterocycles. The monoisotopic (exact) mass is 317 g/mol. The van der Waals surface area contributed by atoms with Gasteiger partial charge in [0.2, 0.25) is 0 Å². The molecule has 0 spiro atoms. The molecule has 0 aliphatic carbocycles. The second-order valence-corrected chi connectivity index (χ2v) is 4.74. The number of nitrogens with zero attached hydrogens (tertiary/aromatic N) is 1. The summed E-state index contributed by atoms with van der Waals surface area (Å²) in [6.07, 6.45) is 1.56. The van der Waals surface area contributed by atoms with Gasteiger partial charge in [-0.1, -0.05) is 12.1 Å².